The van der Waals surface area contributed by atoms with E-state index in [2.05, 4.69) is 27.0 Å². The summed E-state index contributed by atoms with van der Waals surface area (Å²) >= 11 is 0. The fourth-order valence-electron chi connectivity index (χ4n) is 8.81. The quantitative estimate of drug-likeness (QED) is 0.123. The van der Waals surface area contributed by atoms with Gasteiger partial charge in [-0.3, -0.25) is 4.79 Å². The molecular formula is C43H34N6O7. The van der Waals surface area contributed by atoms with Crippen LogP contribution in [0.4, 0.5) is 10.5 Å². The van der Waals surface area contributed by atoms with Crippen LogP contribution in [-0.2, 0) is 28.0 Å². The molecule has 10 bridgehead atoms. The Balaban J connectivity index is 1.14. The van der Waals surface area contributed by atoms with Gasteiger partial charge in [0, 0.05) is 45.9 Å². The number of hydrogen-bond acceptors (Lipinski definition) is 10. The molecule has 4 atom stereocenters. The number of benzene rings is 4. The molecule has 0 saturated heterocycles. The zero-order valence-corrected chi connectivity index (χ0v) is 30.2. The Morgan fingerprint density at radius 2 is 1.88 bits per heavy atom. The number of alkyl carbamates (subject to hydrolysis) is 1. The molecule has 2 amide bonds. The van der Waals surface area contributed by atoms with Crippen molar-refractivity contribution in [2.75, 3.05) is 5.32 Å². The van der Waals surface area contributed by atoms with Crippen molar-refractivity contribution in [2.45, 2.75) is 50.6 Å². The first-order valence-corrected chi connectivity index (χ1v) is 18.6. The van der Waals surface area contributed by atoms with E-state index in [4.69, 9.17) is 28.3 Å². The number of aromatic hydroxyl groups is 1. The van der Waals surface area contributed by atoms with Crippen LogP contribution in [0.5, 0.6) is 11.5 Å². The van der Waals surface area contributed by atoms with Gasteiger partial charge in [0.2, 0.25) is 17.7 Å². The second-order valence-corrected chi connectivity index (χ2v) is 15.0. The maximum Gasteiger partial charge on any atom is 0.408 e. The van der Waals surface area contributed by atoms with E-state index in [0.29, 0.717) is 34.0 Å². The number of ether oxygens (including phenoxy) is 2. The Bertz CT molecular complexity index is 2770. The number of H-pyrrole nitrogens is 1. The van der Waals surface area contributed by atoms with Crippen LogP contribution in [0.25, 0.3) is 44.9 Å². The monoisotopic (exact) mass is 746 g/mol. The van der Waals surface area contributed by atoms with Crippen LogP contribution in [0.15, 0.2) is 100 Å². The molecule has 4 aromatic carbocycles. The van der Waals surface area contributed by atoms with Gasteiger partial charge >= 0.3 is 6.09 Å². The van der Waals surface area contributed by atoms with E-state index in [-0.39, 0.29) is 36.5 Å². The first-order valence-electron chi connectivity index (χ1n) is 18.6. The van der Waals surface area contributed by atoms with Gasteiger partial charge in [0.15, 0.2) is 23.4 Å². The minimum atomic E-state index is -1.11. The standard InChI is InChI=1S/C43H34N6O7/c1-20(2)33-40-48-36-37(56-40)43-26-10-6-9-24(23-12-13-29(50)35-32(23)25(17-44-35)31-18-45-39(36)54-31)34(26)49-41(43)55-30-14-11-22(15-27(30)43)16-28(38(51)47-33)46-42(52)53-19-21-7-4-3-5-8-21/h3-15,17-18,20,28,33,41,44,49-50H,16,19H2,1-2H3,(H,46,52)(H,47,51). The van der Waals surface area contributed by atoms with Crippen LogP contribution in [0, 0.1) is 5.92 Å². The Hall–Kier alpha value is -7.02. The molecule has 0 radical (unpaired) electrons. The maximum atomic E-state index is 14.3. The molecular weight excluding hydrogens is 713 g/mol. The first-order chi connectivity index (χ1) is 27.3. The summed E-state index contributed by atoms with van der Waals surface area (Å²) in [5, 5.41) is 21.4. The summed E-state index contributed by atoms with van der Waals surface area (Å²) in [5.74, 6) is 1.50. The van der Waals surface area contributed by atoms with Crippen LogP contribution < -0.4 is 20.7 Å². The second kappa shape index (κ2) is 11.7. The van der Waals surface area contributed by atoms with Crippen molar-refractivity contribution in [3.05, 3.63) is 125 Å². The zero-order chi connectivity index (χ0) is 37.9. The molecule has 4 aliphatic rings. The van der Waals surface area contributed by atoms with Crippen molar-refractivity contribution < 1.29 is 33.0 Å². The molecule has 13 heteroatoms. The number of anilines is 1. The van der Waals surface area contributed by atoms with E-state index in [0.717, 1.165) is 44.5 Å². The average Bonchev–Trinajstić information content (AvgIpc) is 4.03. The summed E-state index contributed by atoms with van der Waals surface area (Å²) in [6.45, 7) is 3.98. The number of phenolic OH excluding ortho intramolecular Hbond substituents is 1. The number of fused-ring (bicyclic) bond motifs is 7. The molecule has 0 saturated carbocycles. The van der Waals surface area contributed by atoms with Crippen LogP contribution in [0.1, 0.15) is 53.8 Å². The number of nitrogens with zero attached hydrogens (tertiary/aromatic N) is 2. The van der Waals surface area contributed by atoms with Gasteiger partial charge in [-0.1, -0.05) is 74.5 Å². The number of oxazole rings is 2. The highest BCUT2D eigenvalue weighted by molar-refractivity contribution is 6.09. The van der Waals surface area contributed by atoms with Crippen LogP contribution >= 0.6 is 0 Å². The SMILES string of the molecule is CC(C)C1NC(=O)C(NC(=O)OCc2ccccc2)Cc2ccc3c(c2)C24c5cccc(c5NC2O3)-c2ccc(O)c3[nH]cc(c23)-c2cnc(o2)-c2nc1oc24. The number of nitrogens with one attached hydrogen (secondary N) is 4. The van der Waals surface area contributed by atoms with Crippen molar-refractivity contribution >= 4 is 28.6 Å². The van der Waals surface area contributed by atoms with Crippen LogP contribution in [-0.4, -0.2) is 44.3 Å². The van der Waals surface area contributed by atoms with E-state index < -0.39 is 35.7 Å². The van der Waals surface area contributed by atoms with E-state index in [9.17, 15) is 14.7 Å². The van der Waals surface area contributed by atoms with Gasteiger partial charge in [-0.05, 0) is 40.8 Å². The van der Waals surface area contributed by atoms with Crippen molar-refractivity contribution in [1.29, 1.82) is 0 Å². The smallest absolute Gasteiger partial charge is 0.408 e. The summed E-state index contributed by atoms with van der Waals surface area (Å²) < 4.78 is 26.0. The van der Waals surface area contributed by atoms with E-state index in [1.807, 2.05) is 80.6 Å². The fourth-order valence-corrected chi connectivity index (χ4v) is 8.81. The highest BCUT2D eigenvalue weighted by Crippen LogP contribution is 2.61. The normalized spacial score (nSPS) is 21.0. The van der Waals surface area contributed by atoms with Crippen molar-refractivity contribution in [3.63, 3.8) is 0 Å². The van der Waals surface area contributed by atoms with E-state index >= 15 is 0 Å². The average molecular weight is 747 g/mol. The molecule has 278 valence electrons. The number of aromatic amines is 1. The lowest BCUT2D eigenvalue weighted by atomic mass is 9.72. The number of phenols is 1. The van der Waals surface area contributed by atoms with Gasteiger partial charge in [0.25, 0.3) is 0 Å². The van der Waals surface area contributed by atoms with E-state index in [1.54, 1.807) is 18.5 Å². The Morgan fingerprint density at radius 3 is 2.73 bits per heavy atom. The van der Waals surface area contributed by atoms with Gasteiger partial charge in [0.05, 0.1) is 11.7 Å². The van der Waals surface area contributed by atoms with Gasteiger partial charge in [-0.2, -0.15) is 0 Å². The molecule has 7 aromatic rings. The Morgan fingerprint density at radius 1 is 1.00 bits per heavy atom. The molecule has 0 aliphatic carbocycles. The fraction of sp³-hybridized carbons (Fsp3) is 0.209. The van der Waals surface area contributed by atoms with Crippen LogP contribution in [0.3, 0.4) is 0 Å². The predicted molar refractivity (Wildman–Crippen MR) is 204 cm³/mol. The molecule has 4 aliphatic heterocycles. The third-order valence-electron chi connectivity index (χ3n) is 11.4. The molecule has 5 N–H and O–H groups in total. The predicted octanol–water partition coefficient (Wildman–Crippen LogP) is 7.31. The number of carbonyl (C=O) groups is 2. The third-order valence-corrected chi connectivity index (χ3v) is 11.4. The van der Waals surface area contributed by atoms with Crippen molar-refractivity contribution in [1.82, 2.24) is 25.6 Å². The lowest BCUT2D eigenvalue weighted by Gasteiger charge is -2.28. The molecule has 11 rings (SSSR count). The van der Waals surface area contributed by atoms with Gasteiger partial charge < -0.3 is 44.3 Å². The summed E-state index contributed by atoms with van der Waals surface area (Å²) in [4.78, 5) is 40.6. The van der Waals surface area contributed by atoms with Crippen molar-refractivity contribution in [2.24, 2.45) is 5.92 Å². The van der Waals surface area contributed by atoms with Gasteiger partial charge in [-0.15, -0.1) is 0 Å². The molecule has 3 aromatic heterocycles. The summed E-state index contributed by atoms with van der Waals surface area (Å²) in [7, 11) is 0. The Kier molecular flexibility index (Phi) is 6.79. The third kappa shape index (κ3) is 4.54. The molecule has 4 unspecified atom stereocenters. The number of carbonyl (C=O) groups excluding carboxylic acids is 2. The van der Waals surface area contributed by atoms with Crippen LogP contribution in [0.2, 0.25) is 0 Å². The topological polar surface area (TPSA) is 177 Å². The molecule has 13 nitrogen and oxygen atoms in total. The minimum Gasteiger partial charge on any atom is -0.506 e. The lowest BCUT2D eigenvalue weighted by Crippen LogP contribution is -2.49. The summed E-state index contributed by atoms with van der Waals surface area (Å²) in [5.41, 5.74) is 6.40. The number of amides is 2. The highest BCUT2D eigenvalue weighted by Gasteiger charge is 2.61. The summed E-state index contributed by atoms with van der Waals surface area (Å²) in [6, 6.07) is 23.1. The maximum absolute atomic E-state index is 14.3. The molecule has 7 heterocycles. The number of hydrogen-bond donors (Lipinski definition) is 5. The number of aromatic nitrogens is 3. The lowest BCUT2D eigenvalue weighted by molar-refractivity contribution is -0.124. The molecule has 1 spiro atoms. The molecule has 0 fully saturated rings. The van der Waals surface area contributed by atoms with E-state index in [1.165, 1.54) is 0 Å². The Labute approximate surface area is 319 Å². The van der Waals surface area contributed by atoms with Gasteiger partial charge in [0.1, 0.15) is 35.6 Å². The number of rotatable bonds is 4. The first kappa shape index (κ1) is 32.4. The van der Waals surface area contributed by atoms with Gasteiger partial charge in [-0.25, -0.2) is 14.8 Å². The highest BCUT2D eigenvalue weighted by atomic mass is 16.5. The summed E-state index contributed by atoms with van der Waals surface area (Å²) in [6.07, 6.45) is 2.20. The van der Waals surface area contributed by atoms with Crippen molar-refractivity contribution in [3.8, 4) is 45.5 Å². The molecule has 56 heavy (non-hydrogen) atoms. The largest absolute Gasteiger partial charge is 0.506 e. The zero-order valence-electron chi connectivity index (χ0n) is 30.2. The minimum absolute atomic E-state index is 0.0509. The second-order valence-electron chi connectivity index (χ2n) is 15.0. The number of para-hydroxylation sites is 1.